The van der Waals surface area contributed by atoms with Crippen molar-refractivity contribution < 1.29 is 13.9 Å². The zero-order valence-corrected chi connectivity index (χ0v) is 12.4. The summed E-state index contributed by atoms with van der Waals surface area (Å²) in [5, 5.41) is 3.03. The summed E-state index contributed by atoms with van der Waals surface area (Å²) in [7, 11) is 3.18. The van der Waals surface area contributed by atoms with Crippen molar-refractivity contribution in [2.75, 3.05) is 14.2 Å². The van der Waals surface area contributed by atoms with Gasteiger partial charge in [-0.25, -0.2) is 9.18 Å². The fourth-order valence-electron chi connectivity index (χ4n) is 2.35. The molecule has 0 spiro atoms. The van der Waals surface area contributed by atoms with Crippen molar-refractivity contribution in [2.45, 2.75) is 13.5 Å². The van der Waals surface area contributed by atoms with E-state index in [1.54, 1.807) is 12.1 Å². The van der Waals surface area contributed by atoms with Crippen molar-refractivity contribution in [3.63, 3.8) is 0 Å². The van der Waals surface area contributed by atoms with Crippen LogP contribution in [0.2, 0.25) is 0 Å². The fraction of sp³-hybridized carbons (Fsp3) is 0.235. The van der Waals surface area contributed by atoms with Crippen LogP contribution in [0.15, 0.2) is 36.4 Å². The van der Waals surface area contributed by atoms with E-state index in [4.69, 9.17) is 4.74 Å². The van der Waals surface area contributed by atoms with Crippen molar-refractivity contribution in [3.05, 3.63) is 58.9 Å². The highest BCUT2D eigenvalue weighted by atomic mass is 19.1. The molecule has 0 atom stereocenters. The highest BCUT2D eigenvalue weighted by Crippen LogP contribution is 2.27. The molecule has 0 bridgehead atoms. The molecule has 0 aliphatic carbocycles. The monoisotopic (exact) mass is 287 g/mol. The second-order valence-corrected chi connectivity index (χ2v) is 4.85. The molecule has 0 heterocycles. The van der Waals surface area contributed by atoms with Crippen LogP contribution in [0.5, 0.6) is 0 Å². The Hall–Kier alpha value is -2.20. The van der Waals surface area contributed by atoms with E-state index in [0.717, 1.165) is 22.3 Å². The molecule has 0 unspecified atom stereocenters. The number of esters is 1. The maximum absolute atomic E-state index is 13.4. The number of aryl methyl sites for hydroxylation is 1. The van der Waals surface area contributed by atoms with E-state index >= 15 is 0 Å². The first kappa shape index (κ1) is 15.2. The van der Waals surface area contributed by atoms with E-state index in [2.05, 4.69) is 5.32 Å². The van der Waals surface area contributed by atoms with Crippen LogP contribution in [0.3, 0.4) is 0 Å². The van der Waals surface area contributed by atoms with E-state index in [1.165, 1.54) is 19.2 Å². The van der Waals surface area contributed by atoms with Gasteiger partial charge in [-0.2, -0.15) is 0 Å². The molecule has 0 radical (unpaired) electrons. The van der Waals surface area contributed by atoms with Gasteiger partial charge in [0.15, 0.2) is 0 Å². The van der Waals surface area contributed by atoms with Crippen LogP contribution >= 0.6 is 0 Å². The predicted octanol–water partition coefficient (Wildman–Crippen LogP) is 3.31. The van der Waals surface area contributed by atoms with Gasteiger partial charge in [0.25, 0.3) is 0 Å². The first-order chi connectivity index (χ1) is 10.1. The lowest BCUT2D eigenvalue weighted by atomic mass is 9.96. The third-order valence-corrected chi connectivity index (χ3v) is 3.38. The average Bonchev–Trinajstić information content (AvgIpc) is 2.47. The Kier molecular flexibility index (Phi) is 4.70. The van der Waals surface area contributed by atoms with Gasteiger partial charge in [-0.15, -0.1) is 0 Å². The number of benzene rings is 2. The molecular weight excluding hydrogens is 269 g/mol. The Bertz CT molecular complexity index is 668. The number of halogens is 1. The fourth-order valence-corrected chi connectivity index (χ4v) is 2.35. The minimum absolute atomic E-state index is 0.257. The quantitative estimate of drug-likeness (QED) is 0.877. The first-order valence-corrected chi connectivity index (χ1v) is 6.69. The molecule has 2 aromatic carbocycles. The summed E-state index contributed by atoms with van der Waals surface area (Å²) in [5.41, 5.74) is 4.15. The van der Waals surface area contributed by atoms with Crippen molar-refractivity contribution in [1.82, 2.24) is 5.32 Å². The van der Waals surface area contributed by atoms with Crippen LogP contribution in [0.4, 0.5) is 4.39 Å². The van der Waals surface area contributed by atoms with E-state index in [0.29, 0.717) is 12.1 Å². The lowest BCUT2D eigenvalue weighted by molar-refractivity contribution is 0.0600. The Morgan fingerprint density at radius 2 is 2.00 bits per heavy atom. The van der Waals surface area contributed by atoms with Crippen LogP contribution in [-0.2, 0) is 11.3 Å². The zero-order valence-electron chi connectivity index (χ0n) is 12.4. The van der Waals surface area contributed by atoms with Crippen molar-refractivity contribution in [2.24, 2.45) is 0 Å². The summed E-state index contributed by atoms with van der Waals surface area (Å²) in [4.78, 5) is 11.6. The molecule has 0 aliphatic rings. The van der Waals surface area contributed by atoms with Gasteiger partial charge >= 0.3 is 5.97 Å². The summed E-state index contributed by atoms with van der Waals surface area (Å²) in [6, 6.07) is 10.2. The molecule has 0 fully saturated rings. The summed E-state index contributed by atoms with van der Waals surface area (Å²) >= 11 is 0. The maximum Gasteiger partial charge on any atom is 0.338 e. The third kappa shape index (κ3) is 3.28. The lowest BCUT2D eigenvalue weighted by Crippen LogP contribution is -2.07. The van der Waals surface area contributed by atoms with E-state index in [9.17, 15) is 9.18 Å². The van der Waals surface area contributed by atoms with Crippen molar-refractivity contribution >= 4 is 5.97 Å². The van der Waals surface area contributed by atoms with E-state index in [1.807, 2.05) is 26.1 Å². The minimum Gasteiger partial charge on any atom is -0.465 e. The summed E-state index contributed by atoms with van der Waals surface area (Å²) in [6.07, 6.45) is 0. The highest BCUT2D eigenvalue weighted by molar-refractivity contribution is 5.91. The molecular formula is C17H18FNO2. The van der Waals surface area contributed by atoms with Crippen molar-refractivity contribution in [3.8, 4) is 11.1 Å². The van der Waals surface area contributed by atoms with Gasteiger partial charge < -0.3 is 10.1 Å². The molecule has 21 heavy (non-hydrogen) atoms. The Morgan fingerprint density at radius 1 is 1.24 bits per heavy atom. The number of carbonyl (C=O) groups is 1. The number of carbonyl (C=O) groups excluding carboxylic acids is 1. The third-order valence-electron chi connectivity index (χ3n) is 3.38. The molecule has 0 aliphatic heterocycles. The van der Waals surface area contributed by atoms with Gasteiger partial charge in [0, 0.05) is 6.54 Å². The Labute approximate surface area is 123 Å². The second-order valence-electron chi connectivity index (χ2n) is 4.85. The maximum atomic E-state index is 13.4. The van der Waals surface area contributed by atoms with Crippen LogP contribution in [0.1, 0.15) is 21.5 Å². The van der Waals surface area contributed by atoms with Gasteiger partial charge in [0.05, 0.1) is 12.7 Å². The SMILES string of the molecule is CNCc1cc(F)ccc1-c1ccc(C(=O)OC)c(C)c1. The first-order valence-electron chi connectivity index (χ1n) is 6.69. The largest absolute Gasteiger partial charge is 0.465 e. The molecule has 4 heteroatoms. The normalized spacial score (nSPS) is 10.5. The molecule has 0 saturated carbocycles. The zero-order chi connectivity index (χ0) is 15.4. The van der Waals surface area contributed by atoms with E-state index in [-0.39, 0.29) is 11.8 Å². The van der Waals surface area contributed by atoms with Gasteiger partial charge in [0.1, 0.15) is 5.82 Å². The summed E-state index contributed by atoms with van der Waals surface area (Å²) in [5.74, 6) is -0.611. The molecule has 1 N–H and O–H groups in total. The average molecular weight is 287 g/mol. The van der Waals surface area contributed by atoms with Crippen LogP contribution in [0.25, 0.3) is 11.1 Å². The van der Waals surface area contributed by atoms with Crippen LogP contribution in [-0.4, -0.2) is 20.1 Å². The highest BCUT2D eigenvalue weighted by Gasteiger charge is 2.12. The van der Waals surface area contributed by atoms with Gasteiger partial charge in [0.2, 0.25) is 0 Å². The lowest BCUT2D eigenvalue weighted by Gasteiger charge is -2.12. The summed E-state index contributed by atoms with van der Waals surface area (Å²) < 4.78 is 18.1. The number of hydrogen-bond donors (Lipinski definition) is 1. The standard InChI is InChI=1S/C17H18FNO2/c1-11-8-12(4-6-15(11)17(20)21-3)16-7-5-14(18)9-13(16)10-19-2/h4-9,19H,10H2,1-3H3. The van der Waals surface area contributed by atoms with Gasteiger partial charge in [-0.05, 0) is 54.4 Å². The number of rotatable bonds is 4. The summed E-state index contributed by atoms with van der Waals surface area (Å²) in [6.45, 7) is 2.43. The molecule has 3 nitrogen and oxygen atoms in total. The van der Waals surface area contributed by atoms with Crippen LogP contribution in [0, 0.1) is 12.7 Å². The molecule has 110 valence electrons. The Morgan fingerprint density at radius 3 is 2.62 bits per heavy atom. The number of ether oxygens (including phenoxy) is 1. The van der Waals surface area contributed by atoms with Crippen molar-refractivity contribution in [1.29, 1.82) is 0 Å². The number of nitrogens with one attached hydrogen (secondary N) is 1. The Balaban J connectivity index is 2.48. The van der Waals surface area contributed by atoms with Gasteiger partial charge in [-0.3, -0.25) is 0 Å². The van der Waals surface area contributed by atoms with E-state index < -0.39 is 0 Å². The predicted molar refractivity (Wildman–Crippen MR) is 80.7 cm³/mol. The van der Waals surface area contributed by atoms with Gasteiger partial charge in [-0.1, -0.05) is 18.2 Å². The second kappa shape index (κ2) is 6.50. The molecule has 0 aromatic heterocycles. The molecule has 2 aromatic rings. The molecule has 2 rings (SSSR count). The smallest absolute Gasteiger partial charge is 0.338 e. The van der Waals surface area contributed by atoms with Crippen LogP contribution < -0.4 is 5.32 Å². The minimum atomic E-state index is -0.353. The number of methoxy groups -OCH3 is 1. The molecule has 0 saturated heterocycles. The topological polar surface area (TPSA) is 38.3 Å². The number of hydrogen-bond acceptors (Lipinski definition) is 3. The molecule has 0 amide bonds.